The van der Waals surface area contributed by atoms with Crippen molar-refractivity contribution < 1.29 is 0 Å². The third-order valence-corrected chi connectivity index (χ3v) is 6.21. The van der Waals surface area contributed by atoms with Gasteiger partial charge in [-0.25, -0.2) is 0 Å². The molecule has 0 saturated heterocycles. The molecule has 0 fully saturated rings. The molecule has 0 heterocycles. The number of benzene rings is 1. The highest BCUT2D eigenvalue weighted by molar-refractivity contribution is 5.34. The van der Waals surface area contributed by atoms with Crippen LogP contribution in [0.25, 0.3) is 0 Å². The Kier molecular flexibility index (Phi) is 13.1. The maximum absolute atomic E-state index is 3.78. The van der Waals surface area contributed by atoms with Gasteiger partial charge < -0.3 is 5.32 Å². The zero-order valence-corrected chi connectivity index (χ0v) is 18.6. The monoisotopic (exact) mass is 383 g/mol. The summed E-state index contributed by atoms with van der Waals surface area (Å²) >= 11 is 0. The molecule has 28 heavy (non-hydrogen) atoms. The minimum atomic E-state index is 0.610. The summed E-state index contributed by atoms with van der Waals surface area (Å²) in [7, 11) is 0. The van der Waals surface area contributed by atoms with E-state index in [0.29, 0.717) is 6.04 Å². The van der Waals surface area contributed by atoms with Gasteiger partial charge in [-0.2, -0.15) is 0 Å². The third kappa shape index (κ3) is 9.92. The van der Waals surface area contributed by atoms with E-state index in [1.54, 1.807) is 11.1 Å². The second-order valence-corrected chi connectivity index (χ2v) is 8.68. The lowest BCUT2D eigenvalue weighted by Crippen LogP contribution is -2.20. The largest absolute Gasteiger partial charge is 0.310 e. The summed E-state index contributed by atoms with van der Waals surface area (Å²) in [5.74, 6) is 0. The maximum Gasteiger partial charge on any atom is 0.0326 e. The van der Waals surface area contributed by atoms with Crippen LogP contribution in [-0.4, -0.2) is 6.54 Å². The number of aryl methyl sites for hydroxylation is 1. The second kappa shape index (κ2) is 15.8. The highest BCUT2D eigenvalue weighted by Crippen LogP contribution is 2.30. The van der Waals surface area contributed by atoms with Gasteiger partial charge in [-0.1, -0.05) is 101 Å². The van der Waals surface area contributed by atoms with Gasteiger partial charge in [0.15, 0.2) is 0 Å². The lowest BCUT2D eigenvalue weighted by Gasteiger charge is -2.13. The van der Waals surface area contributed by atoms with Crippen molar-refractivity contribution in [3.05, 3.63) is 47.5 Å². The van der Waals surface area contributed by atoms with Crippen LogP contribution in [0.1, 0.15) is 120 Å². The Morgan fingerprint density at radius 3 is 2.11 bits per heavy atom. The van der Waals surface area contributed by atoms with Crippen LogP contribution >= 0.6 is 0 Å². The standard InChI is InChI=1S/C27H45N/c1-2-3-4-5-6-7-8-9-10-11-12-13-14-15-16-19-24-28-27-23-22-25-20-17-18-21-26(25)27/h9-10,17-18,20-21,27-28H,2-8,11-16,19,22-24H2,1H3/b10-9-. The molecule has 1 aliphatic rings. The summed E-state index contributed by atoms with van der Waals surface area (Å²) in [6.45, 7) is 3.47. The fourth-order valence-electron chi connectivity index (χ4n) is 4.42. The van der Waals surface area contributed by atoms with Crippen molar-refractivity contribution in [2.24, 2.45) is 0 Å². The molecule has 0 aliphatic heterocycles. The molecule has 0 bridgehead atoms. The van der Waals surface area contributed by atoms with E-state index in [2.05, 4.69) is 48.7 Å². The topological polar surface area (TPSA) is 12.0 Å². The molecular formula is C27H45N. The van der Waals surface area contributed by atoms with Gasteiger partial charge in [0.25, 0.3) is 0 Å². The van der Waals surface area contributed by atoms with Gasteiger partial charge in [-0.15, -0.1) is 0 Å². The van der Waals surface area contributed by atoms with Crippen molar-refractivity contribution in [2.45, 2.75) is 116 Å². The van der Waals surface area contributed by atoms with E-state index in [-0.39, 0.29) is 0 Å². The van der Waals surface area contributed by atoms with Crippen molar-refractivity contribution in [3.63, 3.8) is 0 Å². The number of fused-ring (bicyclic) bond motifs is 1. The summed E-state index contributed by atoms with van der Waals surface area (Å²) in [4.78, 5) is 0. The van der Waals surface area contributed by atoms with Crippen LogP contribution in [0.2, 0.25) is 0 Å². The molecule has 1 nitrogen and oxygen atoms in total. The first kappa shape index (κ1) is 23.2. The zero-order valence-electron chi connectivity index (χ0n) is 18.6. The molecule has 1 aromatic carbocycles. The normalized spacial score (nSPS) is 16.1. The van der Waals surface area contributed by atoms with Crippen LogP contribution in [0.15, 0.2) is 36.4 Å². The van der Waals surface area contributed by atoms with Gasteiger partial charge in [0.05, 0.1) is 0 Å². The Hall–Kier alpha value is -1.08. The predicted octanol–water partition coefficient (Wildman–Crippen LogP) is 8.30. The summed E-state index contributed by atoms with van der Waals surface area (Å²) in [5, 5.41) is 3.78. The Balaban J connectivity index is 1.32. The Morgan fingerprint density at radius 1 is 0.786 bits per heavy atom. The van der Waals surface area contributed by atoms with Crippen molar-refractivity contribution >= 4 is 0 Å². The molecule has 0 spiro atoms. The molecule has 0 aromatic heterocycles. The maximum atomic E-state index is 3.78. The van der Waals surface area contributed by atoms with E-state index in [1.165, 1.54) is 109 Å². The van der Waals surface area contributed by atoms with E-state index in [4.69, 9.17) is 0 Å². The van der Waals surface area contributed by atoms with Crippen molar-refractivity contribution in [3.8, 4) is 0 Å². The second-order valence-electron chi connectivity index (χ2n) is 8.68. The molecule has 0 radical (unpaired) electrons. The van der Waals surface area contributed by atoms with Crippen LogP contribution in [0.5, 0.6) is 0 Å². The first-order chi connectivity index (χ1) is 13.9. The van der Waals surface area contributed by atoms with Crippen LogP contribution in [0.3, 0.4) is 0 Å². The smallest absolute Gasteiger partial charge is 0.0326 e. The van der Waals surface area contributed by atoms with Gasteiger partial charge in [-0.3, -0.25) is 0 Å². The Bertz CT molecular complexity index is 519. The highest BCUT2D eigenvalue weighted by atomic mass is 14.9. The van der Waals surface area contributed by atoms with E-state index >= 15 is 0 Å². The summed E-state index contributed by atoms with van der Waals surface area (Å²) in [5.41, 5.74) is 3.10. The van der Waals surface area contributed by atoms with Gasteiger partial charge in [0.2, 0.25) is 0 Å². The quantitative estimate of drug-likeness (QED) is 0.211. The van der Waals surface area contributed by atoms with Crippen molar-refractivity contribution in [1.82, 2.24) is 5.32 Å². The average molecular weight is 384 g/mol. The fourth-order valence-corrected chi connectivity index (χ4v) is 4.42. The summed E-state index contributed by atoms with van der Waals surface area (Å²) < 4.78 is 0. The third-order valence-electron chi connectivity index (χ3n) is 6.21. The SMILES string of the molecule is CCCCCCCC/C=C\CCCCCCCCNC1CCc2ccccc21. The first-order valence-electron chi connectivity index (χ1n) is 12.4. The molecule has 0 amide bonds. The van der Waals surface area contributed by atoms with E-state index < -0.39 is 0 Å². The van der Waals surface area contributed by atoms with Crippen LogP contribution in [0, 0.1) is 0 Å². The molecule has 1 aliphatic carbocycles. The minimum Gasteiger partial charge on any atom is -0.310 e. The molecule has 2 rings (SSSR count). The van der Waals surface area contributed by atoms with E-state index in [1.807, 2.05) is 0 Å². The first-order valence-corrected chi connectivity index (χ1v) is 12.4. The number of nitrogens with one attached hydrogen (secondary N) is 1. The number of allylic oxidation sites excluding steroid dienone is 2. The number of unbranched alkanes of at least 4 members (excludes halogenated alkanes) is 12. The van der Waals surface area contributed by atoms with Gasteiger partial charge >= 0.3 is 0 Å². The minimum absolute atomic E-state index is 0.610. The van der Waals surface area contributed by atoms with Crippen molar-refractivity contribution in [2.75, 3.05) is 6.54 Å². The van der Waals surface area contributed by atoms with E-state index in [0.717, 1.165) is 0 Å². The Morgan fingerprint density at radius 2 is 1.39 bits per heavy atom. The zero-order chi connectivity index (χ0) is 19.7. The van der Waals surface area contributed by atoms with Crippen LogP contribution in [0.4, 0.5) is 0 Å². The lowest BCUT2D eigenvalue weighted by molar-refractivity contribution is 0.500. The molecule has 0 saturated carbocycles. The molecule has 1 heteroatoms. The van der Waals surface area contributed by atoms with Crippen LogP contribution in [-0.2, 0) is 6.42 Å². The predicted molar refractivity (Wildman–Crippen MR) is 125 cm³/mol. The number of rotatable bonds is 17. The molecule has 158 valence electrons. The molecule has 1 unspecified atom stereocenters. The molecule has 1 aromatic rings. The van der Waals surface area contributed by atoms with Crippen LogP contribution < -0.4 is 5.32 Å². The summed E-state index contributed by atoms with van der Waals surface area (Å²) in [6, 6.07) is 9.57. The molecular weight excluding hydrogens is 338 g/mol. The fraction of sp³-hybridized carbons (Fsp3) is 0.704. The van der Waals surface area contributed by atoms with Gasteiger partial charge in [0, 0.05) is 6.04 Å². The highest BCUT2D eigenvalue weighted by Gasteiger charge is 2.20. The average Bonchev–Trinajstić information content (AvgIpc) is 3.13. The molecule has 1 atom stereocenters. The van der Waals surface area contributed by atoms with Gasteiger partial charge in [0.1, 0.15) is 0 Å². The van der Waals surface area contributed by atoms with Gasteiger partial charge in [-0.05, 0) is 62.6 Å². The number of hydrogen-bond acceptors (Lipinski definition) is 1. The Labute approximate surface area is 175 Å². The lowest BCUT2D eigenvalue weighted by atomic mass is 10.1. The number of hydrogen-bond donors (Lipinski definition) is 1. The van der Waals surface area contributed by atoms with E-state index in [9.17, 15) is 0 Å². The molecule has 1 N–H and O–H groups in total. The summed E-state index contributed by atoms with van der Waals surface area (Å²) in [6.07, 6.45) is 26.7. The van der Waals surface area contributed by atoms with Crippen molar-refractivity contribution in [1.29, 1.82) is 0 Å².